The molecule has 0 aliphatic carbocycles. The highest BCUT2D eigenvalue weighted by molar-refractivity contribution is 9.09. The molecule has 34 heavy (non-hydrogen) atoms. The number of nitrogens with zero attached hydrogens (tertiary/aromatic N) is 2. The van der Waals surface area contributed by atoms with Crippen molar-refractivity contribution in [2.75, 3.05) is 18.5 Å². The molecule has 0 radical (unpaired) electrons. The highest BCUT2D eigenvalue weighted by atomic mass is 79.9. The molecule has 3 rings (SSSR count). The Balaban J connectivity index is 2.23. The number of esters is 1. The molecule has 0 atom stereocenters. The third-order valence-electron chi connectivity index (χ3n) is 4.52. The minimum Gasteiger partial charge on any atom is -0.491 e. The van der Waals surface area contributed by atoms with Crippen LogP contribution in [-0.4, -0.2) is 46.0 Å². The second kappa shape index (κ2) is 10.8. The van der Waals surface area contributed by atoms with E-state index in [0.717, 1.165) is 10.2 Å². The smallest absolute Gasteiger partial charge is 0.435 e. The third-order valence-corrected chi connectivity index (χ3v) is 4.84. The molecular formula is C25H26BrFN2O5. The zero-order valence-electron chi connectivity index (χ0n) is 19.4. The van der Waals surface area contributed by atoms with E-state index < -0.39 is 17.7 Å². The van der Waals surface area contributed by atoms with E-state index in [9.17, 15) is 14.0 Å². The van der Waals surface area contributed by atoms with Gasteiger partial charge in [-0.3, -0.25) is 0 Å². The van der Waals surface area contributed by atoms with Crippen molar-refractivity contribution in [3.05, 3.63) is 59.0 Å². The zero-order valence-corrected chi connectivity index (χ0v) is 21.0. The van der Waals surface area contributed by atoms with E-state index in [4.69, 9.17) is 14.2 Å². The van der Waals surface area contributed by atoms with Crippen LogP contribution in [0.15, 0.2) is 36.4 Å². The number of halogens is 2. The predicted octanol–water partition coefficient (Wildman–Crippen LogP) is 6.08. The summed E-state index contributed by atoms with van der Waals surface area (Å²) in [5.41, 5.74) is 0.993. The molecule has 0 spiro atoms. The summed E-state index contributed by atoms with van der Waals surface area (Å²) in [4.78, 5) is 25.6. The summed E-state index contributed by atoms with van der Waals surface area (Å²) in [7, 11) is 0. The van der Waals surface area contributed by atoms with Crippen molar-refractivity contribution < 1.29 is 28.2 Å². The van der Waals surface area contributed by atoms with Crippen molar-refractivity contribution in [3.63, 3.8) is 0 Å². The SMILES string of the molecule is CCOC(=O)c1ccc2c(c(/C=C/c3ccc(F)cc3)nn2C(=O)OC(C)(C)C)c1OCCBr. The summed E-state index contributed by atoms with van der Waals surface area (Å²) in [5.74, 6) is -0.641. The van der Waals surface area contributed by atoms with Crippen LogP contribution in [0, 0.1) is 5.82 Å². The van der Waals surface area contributed by atoms with Gasteiger partial charge in [-0.05, 0) is 63.6 Å². The Hall–Kier alpha value is -3.20. The Kier molecular flexibility index (Phi) is 8.09. The number of fused-ring (bicyclic) bond motifs is 1. The fourth-order valence-corrected chi connectivity index (χ4v) is 3.34. The standard InChI is InChI=1S/C25H26BrFN2O5/c1-5-32-23(30)18-11-13-20-21(22(18)33-15-14-26)19(12-8-16-6-9-17(27)10-7-16)28-29(20)24(31)34-25(2,3)4/h6-13H,5,14-15H2,1-4H3/b12-8+. The fourth-order valence-electron chi connectivity index (χ4n) is 3.18. The lowest BCUT2D eigenvalue weighted by Gasteiger charge is -2.19. The topological polar surface area (TPSA) is 79.7 Å². The molecule has 0 bridgehead atoms. The molecule has 0 amide bonds. The van der Waals surface area contributed by atoms with Crippen LogP contribution in [0.4, 0.5) is 9.18 Å². The molecule has 180 valence electrons. The van der Waals surface area contributed by atoms with Crippen LogP contribution in [0.3, 0.4) is 0 Å². The molecule has 7 nitrogen and oxygen atoms in total. The van der Waals surface area contributed by atoms with Gasteiger partial charge in [0.25, 0.3) is 0 Å². The second-order valence-corrected chi connectivity index (χ2v) is 9.05. The number of alkyl halides is 1. The minimum atomic E-state index is -0.736. The third kappa shape index (κ3) is 6.02. The molecule has 1 heterocycles. The Morgan fingerprint density at radius 2 is 1.82 bits per heavy atom. The van der Waals surface area contributed by atoms with E-state index in [2.05, 4.69) is 21.0 Å². The molecule has 2 aromatic carbocycles. The van der Waals surface area contributed by atoms with Gasteiger partial charge in [0.15, 0.2) is 0 Å². The maximum absolute atomic E-state index is 13.3. The first-order chi connectivity index (χ1) is 16.1. The minimum absolute atomic E-state index is 0.198. The van der Waals surface area contributed by atoms with Gasteiger partial charge in [-0.2, -0.15) is 9.78 Å². The number of hydrogen-bond acceptors (Lipinski definition) is 6. The first kappa shape index (κ1) is 25.4. The van der Waals surface area contributed by atoms with Crippen LogP contribution in [0.25, 0.3) is 23.1 Å². The highest BCUT2D eigenvalue weighted by Crippen LogP contribution is 2.35. The largest absolute Gasteiger partial charge is 0.491 e. The van der Waals surface area contributed by atoms with Gasteiger partial charge in [-0.25, -0.2) is 14.0 Å². The first-order valence-electron chi connectivity index (χ1n) is 10.7. The molecule has 0 unspecified atom stereocenters. The fraction of sp³-hybridized carbons (Fsp3) is 0.320. The van der Waals surface area contributed by atoms with Gasteiger partial charge in [-0.15, -0.1) is 0 Å². The van der Waals surface area contributed by atoms with Crippen molar-refractivity contribution >= 4 is 51.0 Å². The molecule has 0 saturated heterocycles. The van der Waals surface area contributed by atoms with Crippen molar-refractivity contribution in [3.8, 4) is 5.75 Å². The molecule has 0 N–H and O–H groups in total. The number of hydrogen-bond donors (Lipinski definition) is 0. The van der Waals surface area contributed by atoms with Gasteiger partial charge in [0.05, 0.1) is 29.8 Å². The van der Waals surface area contributed by atoms with Crippen molar-refractivity contribution in [1.82, 2.24) is 9.78 Å². The molecule has 1 aromatic heterocycles. The average Bonchev–Trinajstić information content (AvgIpc) is 3.15. The van der Waals surface area contributed by atoms with Gasteiger partial charge < -0.3 is 14.2 Å². The summed E-state index contributed by atoms with van der Waals surface area (Å²) in [6, 6.07) is 9.08. The summed E-state index contributed by atoms with van der Waals surface area (Å²) in [5, 5.41) is 5.43. The van der Waals surface area contributed by atoms with Gasteiger partial charge >= 0.3 is 12.1 Å². The van der Waals surface area contributed by atoms with Crippen molar-refractivity contribution in [2.45, 2.75) is 33.3 Å². The van der Waals surface area contributed by atoms with E-state index in [-0.39, 0.29) is 30.3 Å². The lowest BCUT2D eigenvalue weighted by Crippen LogP contribution is -2.27. The summed E-state index contributed by atoms with van der Waals surface area (Å²) < 4.78 is 31.1. The van der Waals surface area contributed by atoms with Gasteiger partial charge in [0.2, 0.25) is 0 Å². The maximum Gasteiger partial charge on any atom is 0.435 e. The molecule has 0 saturated carbocycles. The molecular weight excluding hydrogens is 507 g/mol. The number of benzene rings is 2. The average molecular weight is 533 g/mol. The molecule has 0 aliphatic heterocycles. The van der Waals surface area contributed by atoms with E-state index >= 15 is 0 Å². The number of aromatic nitrogens is 2. The zero-order chi connectivity index (χ0) is 24.9. The van der Waals surface area contributed by atoms with E-state index in [1.54, 1.807) is 64.1 Å². The molecule has 0 aliphatic rings. The van der Waals surface area contributed by atoms with Crippen LogP contribution < -0.4 is 4.74 Å². The van der Waals surface area contributed by atoms with Crippen LogP contribution in [0.2, 0.25) is 0 Å². The lowest BCUT2D eigenvalue weighted by atomic mass is 10.1. The van der Waals surface area contributed by atoms with Gasteiger partial charge in [0, 0.05) is 5.33 Å². The van der Waals surface area contributed by atoms with E-state index in [1.807, 2.05) is 0 Å². The molecule has 0 fully saturated rings. The monoisotopic (exact) mass is 532 g/mol. The number of carbonyl (C=O) groups excluding carboxylic acids is 2. The van der Waals surface area contributed by atoms with Crippen molar-refractivity contribution in [1.29, 1.82) is 0 Å². The molecule has 3 aromatic rings. The normalized spacial score (nSPS) is 11.7. The quantitative estimate of drug-likeness (QED) is 0.271. The number of ether oxygens (including phenoxy) is 3. The van der Waals surface area contributed by atoms with Crippen LogP contribution >= 0.6 is 15.9 Å². The Morgan fingerprint density at radius 1 is 1.12 bits per heavy atom. The summed E-state index contributed by atoms with van der Waals surface area (Å²) in [6.45, 7) is 7.46. The molecule has 9 heteroatoms. The van der Waals surface area contributed by atoms with Crippen molar-refractivity contribution in [2.24, 2.45) is 0 Å². The Labute approximate surface area is 205 Å². The van der Waals surface area contributed by atoms with Gasteiger partial charge in [0.1, 0.15) is 22.7 Å². The van der Waals surface area contributed by atoms with Crippen LogP contribution in [0.1, 0.15) is 49.3 Å². The number of carbonyl (C=O) groups is 2. The summed E-state index contributed by atoms with van der Waals surface area (Å²) >= 11 is 3.33. The van der Waals surface area contributed by atoms with E-state index in [0.29, 0.717) is 21.9 Å². The van der Waals surface area contributed by atoms with Crippen LogP contribution in [-0.2, 0) is 9.47 Å². The Bertz CT molecular complexity index is 1210. The van der Waals surface area contributed by atoms with E-state index in [1.165, 1.54) is 12.1 Å². The first-order valence-corrected chi connectivity index (χ1v) is 11.9. The Morgan fingerprint density at radius 3 is 2.44 bits per heavy atom. The van der Waals surface area contributed by atoms with Gasteiger partial charge in [-0.1, -0.05) is 34.1 Å². The maximum atomic E-state index is 13.3. The number of rotatable bonds is 7. The lowest BCUT2D eigenvalue weighted by molar-refractivity contribution is 0.0513. The highest BCUT2D eigenvalue weighted by Gasteiger charge is 2.26. The second-order valence-electron chi connectivity index (χ2n) is 8.26. The summed E-state index contributed by atoms with van der Waals surface area (Å²) in [6.07, 6.45) is 2.73. The van der Waals surface area contributed by atoms with Crippen LogP contribution in [0.5, 0.6) is 5.75 Å². The predicted molar refractivity (Wildman–Crippen MR) is 132 cm³/mol.